The Morgan fingerprint density at radius 1 is 0.354 bits per heavy atom. The van der Waals surface area contributed by atoms with E-state index in [1.165, 1.54) is 63.0 Å². The first-order valence-electron chi connectivity index (χ1n) is 15.9. The maximum absolute atomic E-state index is 5.27. The van der Waals surface area contributed by atoms with E-state index in [9.17, 15) is 0 Å². The number of nitrogens with zero attached hydrogens (tertiary/aromatic N) is 3. The van der Waals surface area contributed by atoms with Crippen molar-refractivity contribution in [3.63, 3.8) is 0 Å². The van der Waals surface area contributed by atoms with Crippen LogP contribution in [0.2, 0.25) is 0 Å². The average Bonchev–Trinajstić information content (AvgIpc) is 3.54. The third-order valence-electron chi connectivity index (χ3n) is 9.16. The van der Waals surface area contributed by atoms with Crippen molar-refractivity contribution in [1.29, 1.82) is 0 Å². The molecule has 3 heterocycles. The molecule has 224 valence electrons. The normalized spacial score (nSPS) is 12.1. The molecule has 5 heteroatoms. The van der Waals surface area contributed by atoms with Crippen LogP contribution in [0, 0.1) is 0 Å². The summed E-state index contributed by atoms with van der Waals surface area (Å²) in [5.41, 5.74) is 7.91. The Morgan fingerprint density at radius 3 is 1.81 bits per heavy atom. The zero-order valence-electron chi connectivity index (χ0n) is 25.6. The summed E-state index contributed by atoms with van der Waals surface area (Å²) in [6.07, 6.45) is 0. The summed E-state index contributed by atoms with van der Waals surface area (Å²) < 4.78 is 2.48. The second-order valence-electron chi connectivity index (χ2n) is 11.9. The van der Waals surface area contributed by atoms with Crippen molar-refractivity contribution in [3.8, 4) is 56.4 Å². The molecule has 0 spiro atoms. The Labute approximate surface area is 285 Å². The minimum absolute atomic E-state index is 0.667. The summed E-state index contributed by atoms with van der Waals surface area (Å²) in [5.74, 6) is 2.03. The van der Waals surface area contributed by atoms with Gasteiger partial charge in [-0.05, 0) is 51.9 Å². The first-order chi connectivity index (χ1) is 23.8. The van der Waals surface area contributed by atoms with E-state index >= 15 is 0 Å². The Bertz CT molecular complexity index is 2700. The highest BCUT2D eigenvalue weighted by atomic mass is 32.2. The first kappa shape index (κ1) is 27.5. The molecule has 0 aliphatic carbocycles. The second-order valence-corrected chi connectivity index (χ2v) is 14.1. The van der Waals surface area contributed by atoms with Crippen molar-refractivity contribution in [2.45, 2.75) is 9.79 Å². The summed E-state index contributed by atoms with van der Waals surface area (Å²) >= 11 is 3.62. The van der Waals surface area contributed by atoms with Crippen LogP contribution in [-0.2, 0) is 0 Å². The maximum atomic E-state index is 5.27. The van der Waals surface area contributed by atoms with Crippen molar-refractivity contribution in [2.24, 2.45) is 0 Å². The lowest BCUT2D eigenvalue weighted by Gasteiger charge is -2.23. The van der Waals surface area contributed by atoms with Gasteiger partial charge < -0.3 is 0 Å². The summed E-state index contributed by atoms with van der Waals surface area (Å²) in [7, 11) is 0. The van der Waals surface area contributed by atoms with Gasteiger partial charge in [0.25, 0.3) is 0 Å². The molecule has 9 aromatic rings. The molecule has 0 fully saturated rings. The summed E-state index contributed by atoms with van der Waals surface area (Å²) in [4.78, 5) is 18.0. The van der Waals surface area contributed by atoms with Crippen molar-refractivity contribution < 1.29 is 0 Å². The third-order valence-corrected chi connectivity index (χ3v) is 11.5. The van der Waals surface area contributed by atoms with Crippen LogP contribution in [0.3, 0.4) is 0 Å². The number of benzene rings is 7. The number of fused-ring (bicyclic) bond motifs is 5. The summed E-state index contributed by atoms with van der Waals surface area (Å²) in [6.45, 7) is 0. The smallest absolute Gasteiger partial charge is 0.165 e. The van der Waals surface area contributed by atoms with Crippen LogP contribution in [0.5, 0.6) is 0 Å². The molecule has 0 N–H and O–H groups in total. The van der Waals surface area contributed by atoms with E-state index in [1.54, 1.807) is 11.3 Å². The van der Waals surface area contributed by atoms with Crippen molar-refractivity contribution >= 4 is 54.0 Å². The van der Waals surface area contributed by atoms with Crippen molar-refractivity contribution in [2.75, 3.05) is 0 Å². The molecule has 0 radical (unpaired) electrons. The van der Waals surface area contributed by atoms with E-state index in [-0.39, 0.29) is 0 Å². The third kappa shape index (κ3) is 4.32. The molecule has 1 aliphatic heterocycles. The van der Waals surface area contributed by atoms with Gasteiger partial charge in [0, 0.05) is 52.0 Å². The van der Waals surface area contributed by atoms with Gasteiger partial charge in [-0.15, -0.1) is 11.3 Å². The molecule has 2 aromatic heterocycles. The predicted molar refractivity (Wildman–Crippen MR) is 202 cm³/mol. The standard InChI is InChI=1S/C43H25N3S2/c1-3-12-26(13-4-1)28-24-25-37-38-29(28)17-9-18-30(38)31-19-10-21-34(40(31)48-37)43-45-41(27-14-5-2-6-15-27)44-42(46-43)33-20-11-23-36-39(33)32-16-7-8-22-35(32)47-36/h1-25H. The van der Waals surface area contributed by atoms with Crippen molar-refractivity contribution in [3.05, 3.63) is 152 Å². The van der Waals surface area contributed by atoms with Crippen LogP contribution in [0.1, 0.15) is 0 Å². The molecule has 0 amide bonds. The molecule has 1 aliphatic rings. The van der Waals surface area contributed by atoms with Gasteiger partial charge in [-0.2, -0.15) is 0 Å². The quantitative estimate of drug-likeness (QED) is 0.191. The fourth-order valence-corrected chi connectivity index (χ4v) is 9.36. The molecule has 0 atom stereocenters. The van der Waals surface area contributed by atoms with Gasteiger partial charge in [0.1, 0.15) is 0 Å². The molecule has 48 heavy (non-hydrogen) atoms. The zero-order valence-corrected chi connectivity index (χ0v) is 27.2. The SMILES string of the molecule is c1ccc(-c2nc(-c3cccc4c3Sc3ccc(-c5ccccc5)c5cccc-4c35)nc(-c3cccc4sc5ccccc5c34)n2)cc1. The van der Waals surface area contributed by atoms with Gasteiger partial charge in [-0.1, -0.05) is 139 Å². The number of thiophene rings is 1. The molecule has 0 bridgehead atoms. The lowest BCUT2D eigenvalue weighted by molar-refractivity contribution is 1.07. The highest BCUT2D eigenvalue weighted by molar-refractivity contribution is 8.00. The largest absolute Gasteiger partial charge is 0.208 e. The number of hydrogen-bond acceptors (Lipinski definition) is 5. The lowest BCUT2D eigenvalue weighted by atomic mass is 9.92. The van der Waals surface area contributed by atoms with Crippen molar-refractivity contribution in [1.82, 2.24) is 15.0 Å². The molecule has 10 rings (SSSR count). The first-order valence-corrected chi connectivity index (χ1v) is 17.6. The summed E-state index contributed by atoms with van der Waals surface area (Å²) in [5, 5.41) is 4.98. The number of rotatable bonds is 4. The average molecular weight is 648 g/mol. The highest BCUT2D eigenvalue weighted by Crippen LogP contribution is 2.52. The van der Waals surface area contributed by atoms with E-state index in [1.807, 2.05) is 30.0 Å². The topological polar surface area (TPSA) is 38.7 Å². The monoisotopic (exact) mass is 647 g/mol. The van der Waals surface area contributed by atoms with Crippen LogP contribution >= 0.6 is 23.1 Å². The Morgan fingerprint density at radius 2 is 0.958 bits per heavy atom. The molecular weight excluding hydrogens is 623 g/mol. The van der Waals surface area contributed by atoms with Gasteiger partial charge in [0.2, 0.25) is 0 Å². The molecular formula is C43H25N3S2. The van der Waals surface area contributed by atoms with Crippen LogP contribution in [0.4, 0.5) is 0 Å². The number of aromatic nitrogens is 3. The van der Waals surface area contributed by atoms with Crippen LogP contribution in [0.15, 0.2) is 161 Å². The van der Waals surface area contributed by atoms with E-state index in [4.69, 9.17) is 15.0 Å². The lowest BCUT2D eigenvalue weighted by Crippen LogP contribution is -2.02. The molecule has 0 saturated heterocycles. The molecule has 7 aromatic carbocycles. The van der Waals surface area contributed by atoms with Gasteiger partial charge in [0.05, 0.1) is 0 Å². The van der Waals surface area contributed by atoms with Gasteiger partial charge >= 0.3 is 0 Å². The van der Waals surface area contributed by atoms with E-state index in [2.05, 4.69) is 133 Å². The van der Waals surface area contributed by atoms with Gasteiger partial charge in [-0.3, -0.25) is 0 Å². The minimum atomic E-state index is 0.667. The summed E-state index contributed by atoms with van der Waals surface area (Å²) in [6, 6.07) is 53.7. The fraction of sp³-hybridized carbons (Fsp3) is 0. The Hall–Kier alpha value is -5.62. The Kier molecular flexibility index (Phi) is 6.29. The number of hydrogen-bond donors (Lipinski definition) is 0. The molecule has 0 saturated carbocycles. The van der Waals surface area contributed by atoms with E-state index in [0.717, 1.165) is 16.7 Å². The highest BCUT2D eigenvalue weighted by Gasteiger charge is 2.25. The molecule has 0 unspecified atom stereocenters. The second kappa shape index (κ2) is 11.0. The van der Waals surface area contributed by atoms with Gasteiger partial charge in [0.15, 0.2) is 17.5 Å². The molecule has 3 nitrogen and oxygen atoms in total. The van der Waals surface area contributed by atoms with Gasteiger partial charge in [-0.25, -0.2) is 15.0 Å². The van der Waals surface area contributed by atoms with E-state index in [0.29, 0.717) is 17.5 Å². The fourth-order valence-electron chi connectivity index (χ4n) is 6.99. The van der Waals surface area contributed by atoms with E-state index < -0.39 is 0 Å². The predicted octanol–water partition coefficient (Wildman–Crippen LogP) is 12.2. The minimum Gasteiger partial charge on any atom is -0.208 e. The maximum Gasteiger partial charge on any atom is 0.165 e. The van der Waals surface area contributed by atoms with Crippen LogP contribution in [-0.4, -0.2) is 15.0 Å². The Balaban J connectivity index is 1.20. The zero-order chi connectivity index (χ0) is 31.6. The van der Waals surface area contributed by atoms with Crippen LogP contribution < -0.4 is 0 Å². The van der Waals surface area contributed by atoms with Crippen LogP contribution in [0.25, 0.3) is 87.4 Å².